The number of aromatic hydroxyl groups is 1. The fraction of sp³-hybridized carbons (Fsp3) is 0.0870. The second-order valence-corrected chi connectivity index (χ2v) is 6.99. The molecule has 0 spiro atoms. The molecule has 1 N–H and O–H groups in total. The van der Waals surface area contributed by atoms with Gasteiger partial charge in [0.15, 0.2) is 5.78 Å². The van der Waals surface area contributed by atoms with Gasteiger partial charge in [-0.2, -0.15) is 0 Å². The number of allylic oxidation sites excluding steroid dienone is 1. The van der Waals surface area contributed by atoms with Crippen LogP contribution in [0, 0.1) is 0 Å². The molecule has 0 aliphatic heterocycles. The van der Waals surface area contributed by atoms with E-state index in [2.05, 4.69) is 0 Å². The summed E-state index contributed by atoms with van der Waals surface area (Å²) in [4.78, 5) is 12.7. The Morgan fingerprint density at radius 1 is 1.03 bits per heavy atom. The molecule has 29 heavy (non-hydrogen) atoms. The van der Waals surface area contributed by atoms with Crippen molar-refractivity contribution in [2.24, 2.45) is 0 Å². The number of carbonyl (C=O) groups excluding carboxylic acids is 1. The minimum atomic E-state index is -0.334. The molecule has 0 saturated heterocycles. The third-order valence-corrected chi connectivity index (χ3v) is 4.74. The second kappa shape index (κ2) is 9.50. The van der Waals surface area contributed by atoms with Crippen molar-refractivity contribution in [2.75, 3.05) is 13.7 Å². The van der Waals surface area contributed by atoms with Crippen LogP contribution in [0.5, 0.6) is 17.2 Å². The topological polar surface area (TPSA) is 55.8 Å². The highest BCUT2D eigenvalue weighted by Crippen LogP contribution is 2.29. The number of ketones is 1. The van der Waals surface area contributed by atoms with E-state index in [9.17, 15) is 9.90 Å². The molecule has 0 amide bonds. The number of methoxy groups -OCH3 is 1. The van der Waals surface area contributed by atoms with E-state index in [0.717, 1.165) is 5.56 Å². The van der Waals surface area contributed by atoms with Gasteiger partial charge in [-0.25, -0.2) is 0 Å². The van der Waals surface area contributed by atoms with Crippen molar-refractivity contribution >= 4 is 34.6 Å². The van der Waals surface area contributed by atoms with Crippen molar-refractivity contribution in [3.05, 3.63) is 94.0 Å². The van der Waals surface area contributed by atoms with Gasteiger partial charge in [0.1, 0.15) is 23.9 Å². The van der Waals surface area contributed by atoms with Crippen molar-refractivity contribution in [1.82, 2.24) is 0 Å². The van der Waals surface area contributed by atoms with Crippen LogP contribution in [-0.4, -0.2) is 24.6 Å². The van der Waals surface area contributed by atoms with Crippen molar-refractivity contribution < 1.29 is 19.4 Å². The lowest BCUT2D eigenvalue weighted by molar-refractivity contribution is 0.104. The van der Waals surface area contributed by atoms with Crippen LogP contribution in [0.1, 0.15) is 15.9 Å². The SMILES string of the molecule is COc1ccc(/C(=C\C(=O)c2ccccc2O)COc2ccc(Cl)cc2Cl)cc1. The fourth-order valence-electron chi connectivity index (χ4n) is 2.68. The van der Waals surface area contributed by atoms with E-state index >= 15 is 0 Å². The first-order valence-electron chi connectivity index (χ1n) is 8.73. The molecule has 0 saturated carbocycles. The van der Waals surface area contributed by atoms with E-state index in [1.807, 2.05) is 12.1 Å². The smallest absolute Gasteiger partial charge is 0.189 e. The molecule has 0 atom stereocenters. The molecule has 0 bridgehead atoms. The second-order valence-electron chi connectivity index (χ2n) is 6.14. The monoisotopic (exact) mass is 428 g/mol. The maximum Gasteiger partial charge on any atom is 0.189 e. The predicted octanol–water partition coefficient (Wildman–Crippen LogP) is 6.05. The van der Waals surface area contributed by atoms with Gasteiger partial charge < -0.3 is 14.6 Å². The Kier molecular flexibility index (Phi) is 6.81. The van der Waals surface area contributed by atoms with Crippen LogP contribution in [0.25, 0.3) is 5.57 Å². The molecule has 3 aromatic carbocycles. The van der Waals surface area contributed by atoms with E-state index in [1.54, 1.807) is 55.6 Å². The Morgan fingerprint density at radius 3 is 2.41 bits per heavy atom. The van der Waals surface area contributed by atoms with E-state index in [4.69, 9.17) is 32.7 Å². The van der Waals surface area contributed by atoms with Crippen molar-refractivity contribution in [3.8, 4) is 17.2 Å². The summed E-state index contributed by atoms with van der Waals surface area (Å²) in [5.74, 6) is 0.733. The van der Waals surface area contributed by atoms with Crippen LogP contribution in [0.3, 0.4) is 0 Å². The first-order valence-corrected chi connectivity index (χ1v) is 9.48. The molecule has 4 nitrogen and oxygen atoms in total. The Hall–Kier alpha value is -2.95. The van der Waals surface area contributed by atoms with Crippen LogP contribution in [-0.2, 0) is 0 Å². The molecule has 0 aromatic heterocycles. The molecular weight excluding hydrogens is 411 g/mol. The number of hydrogen-bond donors (Lipinski definition) is 1. The molecule has 148 valence electrons. The number of phenolic OH excluding ortho intramolecular Hbond substituents is 1. The summed E-state index contributed by atoms with van der Waals surface area (Å²) < 4.78 is 11.0. The Labute approximate surface area is 178 Å². The molecular formula is C23H18Cl2O4. The van der Waals surface area contributed by atoms with Crippen LogP contribution < -0.4 is 9.47 Å². The third kappa shape index (κ3) is 5.31. The summed E-state index contributed by atoms with van der Waals surface area (Å²) >= 11 is 12.1. The number of para-hydroxylation sites is 1. The van der Waals surface area contributed by atoms with Crippen LogP contribution >= 0.6 is 23.2 Å². The Morgan fingerprint density at radius 2 is 1.76 bits per heavy atom. The summed E-state index contributed by atoms with van der Waals surface area (Å²) in [6, 6.07) is 18.6. The average molecular weight is 429 g/mol. The highest BCUT2D eigenvalue weighted by Gasteiger charge is 2.12. The highest BCUT2D eigenvalue weighted by molar-refractivity contribution is 6.35. The number of rotatable bonds is 7. The van der Waals surface area contributed by atoms with Gasteiger partial charge in [-0.05, 0) is 54.1 Å². The minimum absolute atomic E-state index is 0.0792. The number of phenols is 1. The van der Waals surface area contributed by atoms with Gasteiger partial charge in [0.2, 0.25) is 0 Å². The number of ether oxygens (including phenoxy) is 2. The molecule has 3 aromatic rings. The van der Waals surface area contributed by atoms with Gasteiger partial charge in [-0.1, -0.05) is 47.5 Å². The zero-order chi connectivity index (χ0) is 20.8. The maximum absolute atomic E-state index is 12.7. The van der Waals surface area contributed by atoms with Crippen molar-refractivity contribution in [1.29, 1.82) is 0 Å². The van der Waals surface area contributed by atoms with Gasteiger partial charge in [-0.3, -0.25) is 4.79 Å². The third-order valence-electron chi connectivity index (χ3n) is 4.21. The highest BCUT2D eigenvalue weighted by atomic mass is 35.5. The molecule has 6 heteroatoms. The van der Waals surface area contributed by atoms with E-state index in [1.165, 1.54) is 12.1 Å². The van der Waals surface area contributed by atoms with E-state index < -0.39 is 0 Å². The van der Waals surface area contributed by atoms with Gasteiger partial charge >= 0.3 is 0 Å². The summed E-state index contributed by atoms with van der Waals surface area (Å²) in [5, 5.41) is 10.9. The summed E-state index contributed by atoms with van der Waals surface area (Å²) in [6.07, 6.45) is 1.45. The van der Waals surface area contributed by atoms with E-state index in [-0.39, 0.29) is 23.7 Å². The Balaban J connectivity index is 1.92. The summed E-state index contributed by atoms with van der Waals surface area (Å²) in [7, 11) is 1.58. The number of hydrogen-bond acceptors (Lipinski definition) is 4. The van der Waals surface area contributed by atoms with Crippen LogP contribution in [0.15, 0.2) is 72.8 Å². The summed E-state index contributed by atoms with van der Waals surface area (Å²) in [6.45, 7) is 0.0903. The van der Waals surface area contributed by atoms with Gasteiger partial charge in [0.05, 0.1) is 17.7 Å². The minimum Gasteiger partial charge on any atom is -0.507 e. The quantitative estimate of drug-likeness (QED) is 0.367. The van der Waals surface area contributed by atoms with Crippen molar-refractivity contribution in [3.63, 3.8) is 0 Å². The van der Waals surface area contributed by atoms with Gasteiger partial charge in [-0.15, -0.1) is 0 Å². The van der Waals surface area contributed by atoms with Crippen molar-refractivity contribution in [2.45, 2.75) is 0 Å². The number of carbonyl (C=O) groups is 1. The fourth-order valence-corrected chi connectivity index (χ4v) is 3.14. The van der Waals surface area contributed by atoms with E-state index in [0.29, 0.717) is 27.1 Å². The largest absolute Gasteiger partial charge is 0.507 e. The maximum atomic E-state index is 12.7. The van der Waals surface area contributed by atoms with Crippen LogP contribution in [0.4, 0.5) is 0 Å². The molecule has 0 aliphatic carbocycles. The molecule has 0 aliphatic rings. The standard InChI is InChI=1S/C23H18Cl2O4/c1-28-18-9-6-15(7-10-18)16(12-22(27)19-4-2-3-5-21(19)26)14-29-23-11-8-17(24)13-20(23)25/h2-13,26H,14H2,1H3/b16-12-. The normalized spacial score (nSPS) is 11.2. The Bertz CT molecular complexity index is 1040. The molecule has 0 heterocycles. The molecule has 0 unspecified atom stereocenters. The molecule has 0 radical (unpaired) electrons. The lowest BCUT2D eigenvalue weighted by Crippen LogP contribution is -2.05. The zero-order valence-corrected chi connectivity index (χ0v) is 17.1. The van der Waals surface area contributed by atoms with Crippen LogP contribution in [0.2, 0.25) is 10.0 Å². The van der Waals surface area contributed by atoms with Gasteiger partial charge in [0.25, 0.3) is 0 Å². The first-order chi connectivity index (χ1) is 14.0. The predicted molar refractivity (Wildman–Crippen MR) is 115 cm³/mol. The van der Waals surface area contributed by atoms with Gasteiger partial charge in [0, 0.05) is 10.6 Å². The lowest BCUT2D eigenvalue weighted by Gasteiger charge is -2.12. The molecule has 0 fully saturated rings. The number of benzene rings is 3. The number of halogens is 2. The molecule has 3 rings (SSSR count). The average Bonchev–Trinajstić information content (AvgIpc) is 2.72. The summed E-state index contributed by atoms with van der Waals surface area (Å²) in [5.41, 5.74) is 1.61. The lowest BCUT2D eigenvalue weighted by atomic mass is 10.0. The first kappa shape index (κ1) is 20.8. The zero-order valence-electron chi connectivity index (χ0n) is 15.6.